The molecule has 13 nitrogen and oxygen atoms in total. The number of hydrogen-bond acceptors (Lipinski definition) is 9. The fourth-order valence-electron chi connectivity index (χ4n) is 3.43. The Labute approximate surface area is 207 Å². The molecular formula is C22H34FN5O8. The molecular weight excluding hydrogens is 481 g/mol. The lowest BCUT2D eigenvalue weighted by atomic mass is 10.1. The summed E-state index contributed by atoms with van der Waals surface area (Å²) in [4.78, 5) is 52.1. The van der Waals surface area contributed by atoms with E-state index >= 15 is 0 Å². The minimum Gasteiger partial charge on any atom is -0.444 e. The molecule has 202 valence electrons. The maximum absolute atomic E-state index is 14.8. The number of nitrogens with one attached hydrogen (secondary N) is 3. The molecule has 2 heterocycles. The predicted molar refractivity (Wildman–Crippen MR) is 124 cm³/mol. The average molecular weight is 516 g/mol. The Balaban J connectivity index is 2.15. The van der Waals surface area contributed by atoms with Gasteiger partial charge in [0.1, 0.15) is 23.9 Å². The summed E-state index contributed by atoms with van der Waals surface area (Å²) in [6.07, 6.45) is -4.04. The van der Waals surface area contributed by atoms with Crippen LogP contribution in [0.2, 0.25) is 0 Å². The number of halogens is 1. The van der Waals surface area contributed by atoms with Crippen molar-refractivity contribution in [2.24, 2.45) is 0 Å². The van der Waals surface area contributed by atoms with Crippen LogP contribution in [0.5, 0.6) is 0 Å². The van der Waals surface area contributed by atoms with Crippen LogP contribution in [0.1, 0.15) is 60.1 Å². The number of amides is 3. The van der Waals surface area contributed by atoms with Crippen LogP contribution in [0, 0.1) is 5.82 Å². The lowest BCUT2D eigenvalue weighted by Gasteiger charge is -2.23. The molecule has 36 heavy (non-hydrogen) atoms. The molecule has 14 heteroatoms. The quantitative estimate of drug-likeness (QED) is 0.286. The third kappa shape index (κ3) is 8.24. The summed E-state index contributed by atoms with van der Waals surface area (Å²) in [6.45, 7) is 8.16. The topological polar surface area (TPSA) is 181 Å². The maximum atomic E-state index is 14.8. The van der Waals surface area contributed by atoms with Gasteiger partial charge in [0.05, 0.1) is 12.3 Å². The Hall–Kier alpha value is -3.10. The Morgan fingerprint density at radius 3 is 2.47 bits per heavy atom. The Bertz CT molecular complexity index is 1010. The van der Waals surface area contributed by atoms with E-state index in [0.717, 1.165) is 0 Å². The largest absolute Gasteiger partial charge is 0.444 e. The van der Waals surface area contributed by atoms with Crippen LogP contribution in [0.25, 0.3) is 0 Å². The maximum Gasteiger partial charge on any atom is 0.408 e. The summed E-state index contributed by atoms with van der Waals surface area (Å²) in [5.41, 5.74) is -1.86. The smallest absolute Gasteiger partial charge is 0.408 e. The first kappa shape index (κ1) is 29.1. The molecule has 3 amide bonds. The van der Waals surface area contributed by atoms with Crippen molar-refractivity contribution in [2.75, 3.05) is 11.9 Å². The van der Waals surface area contributed by atoms with E-state index in [1.54, 1.807) is 20.8 Å². The van der Waals surface area contributed by atoms with Crippen LogP contribution in [-0.4, -0.2) is 74.2 Å². The van der Waals surface area contributed by atoms with E-state index in [1.807, 2.05) is 0 Å². The van der Waals surface area contributed by atoms with Crippen LogP contribution in [-0.2, 0) is 19.1 Å². The number of alkyl carbamates (subject to hydrolysis) is 1. The fraction of sp³-hybridized carbons (Fsp3) is 0.682. The average Bonchev–Trinajstić information content (AvgIpc) is 3.00. The van der Waals surface area contributed by atoms with Crippen LogP contribution >= 0.6 is 0 Å². The van der Waals surface area contributed by atoms with Crippen molar-refractivity contribution in [3.05, 3.63) is 22.5 Å². The van der Waals surface area contributed by atoms with Crippen molar-refractivity contribution >= 4 is 23.7 Å². The number of unbranched alkanes of at least 4 members (excludes halogenated alkanes) is 1. The van der Waals surface area contributed by atoms with Gasteiger partial charge in [0.15, 0.2) is 17.9 Å². The predicted octanol–water partition coefficient (Wildman–Crippen LogP) is 0.160. The molecule has 0 spiro atoms. The van der Waals surface area contributed by atoms with Crippen molar-refractivity contribution in [3.8, 4) is 0 Å². The molecule has 0 radical (unpaired) electrons. The molecule has 5 atom stereocenters. The zero-order valence-corrected chi connectivity index (χ0v) is 20.9. The summed E-state index contributed by atoms with van der Waals surface area (Å²) >= 11 is 0. The fourth-order valence-corrected chi connectivity index (χ4v) is 3.43. The number of nitrogens with zero attached hydrogens (tertiary/aromatic N) is 2. The van der Waals surface area contributed by atoms with E-state index < -0.39 is 65.5 Å². The third-order valence-corrected chi connectivity index (χ3v) is 5.20. The molecule has 1 aliphatic heterocycles. The van der Waals surface area contributed by atoms with Gasteiger partial charge in [0.25, 0.3) is 0 Å². The van der Waals surface area contributed by atoms with E-state index in [2.05, 4.69) is 20.9 Å². The Morgan fingerprint density at radius 2 is 1.92 bits per heavy atom. The minimum absolute atomic E-state index is 0.126. The van der Waals surface area contributed by atoms with E-state index in [9.17, 15) is 33.8 Å². The highest BCUT2D eigenvalue weighted by Gasteiger charge is 2.42. The lowest BCUT2D eigenvalue weighted by Crippen LogP contribution is -2.46. The molecule has 0 saturated carbocycles. The molecule has 1 aromatic heterocycles. The van der Waals surface area contributed by atoms with Gasteiger partial charge in [-0.25, -0.2) is 14.0 Å². The molecule has 1 unspecified atom stereocenters. The molecule has 1 aromatic rings. The molecule has 0 bridgehead atoms. The van der Waals surface area contributed by atoms with Crippen LogP contribution in [0.15, 0.2) is 11.0 Å². The van der Waals surface area contributed by atoms with Crippen molar-refractivity contribution in [3.63, 3.8) is 0 Å². The van der Waals surface area contributed by atoms with Crippen molar-refractivity contribution in [1.29, 1.82) is 0 Å². The van der Waals surface area contributed by atoms with Gasteiger partial charge < -0.3 is 35.6 Å². The second kappa shape index (κ2) is 12.2. The number of carbonyl (C=O) groups is 3. The van der Waals surface area contributed by atoms with Gasteiger partial charge in [-0.05, 0) is 47.0 Å². The minimum atomic E-state index is -1.49. The number of aliphatic hydroxyl groups excluding tert-OH is 2. The third-order valence-electron chi connectivity index (χ3n) is 5.20. The normalized spacial score (nSPS) is 22.6. The summed E-state index contributed by atoms with van der Waals surface area (Å²) in [5.74, 6) is -2.83. The van der Waals surface area contributed by atoms with Gasteiger partial charge in [-0.3, -0.25) is 14.2 Å². The molecule has 1 saturated heterocycles. The highest BCUT2D eigenvalue weighted by atomic mass is 19.1. The summed E-state index contributed by atoms with van der Waals surface area (Å²) in [7, 11) is 0. The highest BCUT2D eigenvalue weighted by molar-refractivity contribution is 5.95. The van der Waals surface area contributed by atoms with Crippen molar-refractivity contribution < 1.29 is 38.5 Å². The second-order valence-electron chi connectivity index (χ2n) is 9.51. The summed E-state index contributed by atoms with van der Waals surface area (Å²) in [6, 6.07) is -1.16. The van der Waals surface area contributed by atoms with Gasteiger partial charge in [-0.1, -0.05) is 0 Å². The Kier molecular flexibility index (Phi) is 9.90. The zero-order valence-electron chi connectivity index (χ0n) is 20.9. The molecule has 0 aliphatic carbocycles. The summed E-state index contributed by atoms with van der Waals surface area (Å²) < 4.78 is 25.9. The number of aliphatic hydroxyl groups is 2. The number of hydrogen-bond donors (Lipinski definition) is 5. The summed E-state index contributed by atoms with van der Waals surface area (Å²) in [5, 5.41) is 27.1. The molecule has 1 fully saturated rings. The first-order valence-electron chi connectivity index (χ1n) is 11.5. The zero-order chi connectivity index (χ0) is 27.2. The molecule has 1 aliphatic rings. The van der Waals surface area contributed by atoms with Gasteiger partial charge in [0.2, 0.25) is 11.8 Å². The molecule has 0 aromatic carbocycles. The lowest BCUT2D eigenvalue weighted by molar-refractivity contribution is -0.119. The van der Waals surface area contributed by atoms with Crippen molar-refractivity contribution in [2.45, 2.75) is 90.1 Å². The van der Waals surface area contributed by atoms with E-state index in [4.69, 9.17) is 9.47 Å². The molecule has 2 rings (SSSR count). The van der Waals surface area contributed by atoms with Crippen LogP contribution in [0.4, 0.5) is 15.0 Å². The van der Waals surface area contributed by atoms with E-state index in [1.165, 1.54) is 13.8 Å². The number of anilines is 1. The Morgan fingerprint density at radius 1 is 1.25 bits per heavy atom. The number of ether oxygens (including phenoxy) is 2. The van der Waals surface area contributed by atoms with Gasteiger partial charge >= 0.3 is 11.8 Å². The number of carbonyl (C=O) groups excluding carboxylic acids is 3. The number of rotatable bonds is 9. The van der Waals surface area contributed by atoms with Crippen molar-refractivity contribution in [1.82, 2.24) is 20.2 Å². The van der Waals surface area contributed by atoms with Crippen LogP contribution < -0.4 is 21.6 Å². The van der Waals surface area contributed by atoms with Crippen LogP contribution in [0.3, 0.4) is 0 Å². The molecule has 5 N–H and O–H groups in total. The van der Waals surface area contributed by atoms with E-state index in [0.29, 0.717) is 30.2 Å². The second-order valence-corrected chi connectivity index (χ2v) is 9.51. The van der Waals surface area contributed by atoms with E-state index in [-0.39, 0.29) is 12.3 Å². The first-order chi connectivity index (χ1) is 16.7. The monoisotopic (exact) mass is 515 g/mol. The SMILES string of the molecule is CC(=O)NCCCCC(NC(=O)OC(C)(C)C)C(=O)Nc1nc(=O)n([C@@H]2O[C@H](C)[C@@H](O)[C@H]2O)cc1F. The highest BCUT2D eigenvalue weighted by Crippen LogP contribution is 2.28. The standard InChI is InChI=1S/C22H34FN5O8/c1-11-15(30)16(31)19(35-11)28-10-13(23)17(27-20(28)33)26-18(32)14(8-6-7-9-24-12(2)29)25-21(34)36-22(3,4)5/h10-11,14-16,19,30-31H,6-9H2,1-5H3,(H,24,29)(H,25,34)(H,26,27,32,33)/t11-,14?,15-,16-,19-/m1/s1. The van der Waals surface area contributed by atoms with Gasteiger partial charge in [-0.15, -0.1) is 0 Å². The first-order valence-corrected chi connectivity index (χ1v) is 11.5. The van der Waals surface area contributed by atoms with Gasteiger partial charge in [0, 0.05) is 13.5 Å². The number of aromatic nitrogens is 2. The van der Waals surface area contributed by atoms with Gasteiger partial charge in [-0.2, -0.15) is 4.98 Å².